The second-order valence-electron chi connectivity index (χ2n) is 14.5. The minimum absolute atomic E-state index is 0.160. The zero-order valence-electron chi connectivity index (χ0n) is 30.2. The molecule has 280 valence electrons. The van der Waals surface area contributed by atoms with Gasteiger partial charge in [0.15, 0.2) is 0 Å². The number of morpholine rings is 1. The van der Waals surface area contributed by atoms with Crippen LogP contribution in [0.3, 0.4) is 0 Å². The molecule has 1 saturated carbocycles. The molecule has 14 nitrogen and oxygen atoms in total. The van der Waals surface area contributed by atoms with E-state index in [2.05, 4.69) is 46.5 Å². The maximum atomic E-state index is 13.8. The number of carbonyl (C=O) groups is 3. The van der Waals surface area contributed by atoms with Gasteiger partial charge in [-0.2, -0.15) is 5.21 Å². The second-order valence-corrected chi connectivity index (χ2v) is 14.8. The summed E-state index contributed by atoms with van der Waals surface area (Å²) in [6, 6.07) is 16.0. The highest BCUT2D eigenvalue weighted by Gasteiger charge is 2.30. The number of pyridine rings is 1. The van der Waals surface area contributed by atoms with Crippen LogP contribution in [-0.4, -0.2) is 88.0 Å². The minimum Gasteiger partial charge on any atom is -0.444 e. The van der Waals surface area contributed by atoms with E-state index in [9.17, 15) is 14.4 Å². The molecular weight excluding hydrogens is 698 g/mol. The second kappa shape index (κ2) is 17.2. The molecule has 6 rings (SSSR count). The number of aromatic nitrogens is 5. The Morgan fingerprint density at radius 2 is 1.68 bits per heavy atom. The van der Waals surface area contributed by atoms with Crippen molar-refractivity contribution in [3.8, 4) is 22.5 Å². The number of nitrogens with one attached hydrogen (secondary N) is 4. The summed E-state index contributed by atoms with van der Waals surface area (Å²) in [5.41, 5.74) is 3.39. The molecular formula is C38H46ClN9O5. The minimum atomic E-state index is -0.839. The van der Waals surface area contributed by atoms with Crippen LogP contribution in [0.5, 0.6) is 0 Å². The van der Waals surface area contributed by atoms with Gasteiger partial charge in [0.25, 0.3) is 0 Å². The van der Waals surface area contributed by atoms with Gasteiger partial charge in [0, 0.05) is 55.0 Å². The molecule has 2 aromatic carbocycles. The van der Waals surface area contributed by atoms with Crippen molar-refractivity contribution in [1.82, 2.24) is 36.2 Å². The molecule has 15 heteroatoms. The Labute approximate surface area is 313 Å². The number of nitrogens with zero attached hydrogens (tertiary/aromatic N) is 5. The van der Waals surface area contributed by atoms with Gasteiger partial charge >= 0.3 is 6.09 Å². The number of amides is 3. The summed E-state index contributed by atoms with van der Waals surface area (Å²) in [4.78, 5) is 46.3. The number of hydrogen-bond donors (Lipinski definition) is 4. The summed E-state index contributed by atoms with van der Waals surface area (Å²) in [6.45, 7) is 8.67. The first-order valence-corrected chi connectivity index (χ1v) is 18.4. The first kappa shape index (κ1) is 37.7. The number of anilines is 2. The Morgan fingerprint density at radius 3 is 2.34 bits per heavy atom. The lowest BCUT2D eigenvalue weighted by atomic mass is 9.81. The Balaban J connectivity index is 1.12. The number of benzene rings is 2. The van der Waals surface area contributed by atoms with E-state index in [-0.39, 0.29) is 30.1 Å². The van der Waals surface area contributed by atoms with Gasteiger partial charge in [0.1, 0.15) is 17.5 Å². The lowest BCUT2D eigenvalue weighted by Crippen LogP contribution is -2.48. The molecule has 1 unspecified atom stereocenters. The molecule has 0 radical (unpaired) electrons. The van der Waals surface area contributed by atoms with E-state index in [1.165, 1.54) is 0 Å². The van der Waals surface area contributed by atoms with Gasteiger partial charge in [0.2, 0.25) is 17.6 Å². The normalized spacial score (nSPS) is 18.2. The average molecular weight is 744 g/mol. The van der Waals surface area contributed by atoms with Crippen LogP contribution >= 0.6 is 11.6 Å². The van der Waals surface area contributed by atoms with Gasteiger partial charge in [-0.1, -0.05) is 35.9 Å². The molecule has 2 aromatic heterocycles. The number of H-pyrrole nitrogens is 1. The fourth-order valence-corrected chi connectivity index (χ4v) is 6.93. The molecule has 3 heterocycles. The highest BCUT2D eigenvalue weighted by molar-refractivity contribution is 6.35. The number of alkyl carbamates (subject to hydrolysis) is 1. The summed E-state index contributed by atoms with van der Waals surface area (Å²) in [7, 11) is 0. The van der Waals surface area contributed by atoms with Gasteiger partial charge in [-0.05, 0) is 99.0 Å². The molecule has 1 aliphatic carbocycles. The van der Waals surface area contributed by atoms with Crippen LogP contribution in [0.4, 0.5) is 16.3 Å². The topological polar surface area (TPSA) is 176 Å². The SMILES string of the molecule is CC(C)(C)OC(=O)NCC1CCC(C(=O)NC(Cc2ccc(-c3ccnc(N4CCOCC4)c3Cl)cc2)C(=O)Nc2ccc(-c3nn[nH]n3)cc2)CC1. The van der Waals surface area contributed by atoms with Gasteiger partial charge in [-0.3, -0.25) is 9.59 Å². The molecule has 2 fully saturated rings. The molecule has 1 saturated heterocycles. The zero-order chi connectivity index (χ0) is 37.4. The first-order valence-electron chi connectivity index (χ1n) is 18.0. The molecule has 1 aliphatic heterocycles. The van der Waals surface area contributed by atoms with E-state index in [0.29, 0.717) is 49.1 Å². The molecule has 4 N–H and O–H groups in total. The number of halogens is 1. The fraction of sp³-hybridized carbons (Fsp3) is 0.447. The lowest BCUT2D eigenvalue weighted by Gasteiger charge is -2.29. The number of aromatic amines is 1. The molecule has 4 aromatic rings. The highest BCUT2D eigenvalue weighted by Crippen LogP contribution is 2.35. The third kappa shape index (κ3) is 10.3. The summed E-state index contributed by atoms with van der Waals surface area (Å²) in [5.74, 6) is 0.684. The number of tetrazole rings is 1. The van der Waals surface area contributed by atoms with E-state index in [4.69, 9.17) is 21.1 Å². The van der Waals surface area contributed by atoms with Crippen molar-refractivity contribution >= 4 is 41.0 Å². The smallest absolute Gasteiger partial charge is 0.407 e. The highest BCUT2D eigenvalue weighted by atomic mass is 35.5. The van der Waals surface area contributed by atoms with Crippen molar-refractivity contribution in [3.63, 3.8) is 0 Å². The Bertz CT molecular complexity index is 1840. The number of hydrogen-bond acceptors (Lipinski definition) is 10. The number of ether oxygens (including phenoxy) is 2. The van der Waals surface area contributed by atoms with E-state index >= 15 is 0 Å². The fourth-order valence-electron chi connectivity index (χ4n) is 6.59. The summed E-state index contributed by atoms with van der Waals surface area (Å²) < 4.78 is 10.8. The van der Waals surface area contributed by atoms with E-state index in [1.807, 2.05) is 51.1 Å². The summed E-state index contributed by atoms with van der Waals surface area (Å²) in [6.07, 6.45) is 4.48. The van der Waals surface area contributed by atoms with Crippen LogP contribution < -0.4 is 20.9 Å². The summed E-state index contributed by atoms with van der Waals surface area (Å²) in [5, 5.41) is 23.5. The quantitative estimate of drug-likeness (QED) is 0.155. The van der Waals surface area contributed by atoms with E-state index < -0.39 is 17.7 Å². The molecule has 0 spiro atoms. The van der Waals surface area contributed by atoms with Crippen molar-refractivity contribution in [3.05, 3.63) is 71.4 Å². The molecule has 2 aliphatic rings. The van der Waals surface area contributed by atoms with Crippen LogP contribution in [0, 0.1) is 11.8 Å². The average Bonchev–Trinajstić information content (AvgIpc) is 3.70. The molecule has 1 atom stereocenters. The van der Waals surface area contributed by atoms with Crippen molar-refractivity contribution in [1.29, 1.82) is 0 Å². The maximum absolute atomic E-state index is 13.8. The largest absolute Gasteiger partial charge is 0.444 e. The van der Waals surface area contributed by atoms with Gasteiger partial charge in [0.05, 0.1) is 18.2 Å². The molecule has 3 amide bonds. The van der Waals surface area contributed by atoms with Gasteiger partial charge in [-0.25, -0.2) is 9.78 Å². The van der Waals surface area contributed by atoms with Crippen LogP contribution in [0.15, 0.2) is 60.8 Å². The van der Waals surface area contributed by atoms with Crippen molar-refractivity contribution in [2.24, 2.45) is 11.8 Å². The standard InChI is InChI=1S/C38H46ClN9O5/c1-38(2,3)53-37(51)41-23-25-6-10-28(11-7-25)35(49)43-31(36(50)42-29-14-12-27(13-15-29)33-44-46-47-45-33)22-24-4-8-26(9-5-24)30-16-17-40-34(32(30)39)48-18-20-52-21-19-48/h4-5,8-9,12-17,25,28,31H,6-7,10-11,18-23H2,1-3H3,(H,41,51)(H,42,50)(H,43,49)(H,44,45,46,47). The third-order valence-electron chi connectivity index (χ3n) is 9.43. The van der Waals surface area contributed by atoms with Crippen LogP contribution in [0.2, 0.25) is 5.02 Å². The maximum Gasteiger partial charge on any atom is 0.407 e. The first-order chi connectivity index (χ1) is 25.5. The third-order valence-corrected chi connectivity index (χ3v) is 9.80. The van der Waals surface area contributed by atoms with Crippen LogP contribution in [0.1, 0.15) is 52.0 Å². The Kier molecular flexibility index (Phi) is 12.2. The van der Waals surface area contributed by atoms with Crippen molar-refractivity contribution in [2.45, 2.75) is 64.5 Å². The summed E-state index contributed by atoms with van der Waals surface area (Å²) >= 11 is 6.87. The van der Waals surface area contributed by atoms with Crippen molar-refractivity contribution < 1.29 is 23.9 Å². The Hall–Kier alpha value is -5.08. The predicted molar refractivity (Wildman–Crippen MR) is 201 cm³/mol. The molecule has 53 heavy (non-hydrogen) atoms. The van der Waals surface area contributed by atoms with Gasteiger partial charge in [-0.15, -0.1) is 10.2 Å². The van der Waals surface area contributed by atoms with Crippen LogP contribution in [-0.2, 0) is 25.5 Å². The van der Waals surface area contributed by atoms with Crippen molar-refractivity contribution in [2.75, 3.05) is 43.1 Å². The number of rotatable bonds is 11. The van der Waals surface area contributed by atoms with Crippen LogP contribution in [0.25, 0.3) is 22.5 Å². The predicted octanol–water partition coefficient (Wildman–Crippen LogP) is 5.42. The lowest BCUT2D eigenvalue weighted by molar-refractivity contribution is -0.130. The van der Waals surface area contributed by atoms with Gasteiger partial charge < -0.3 is 30.3 Å². The number of carbonyl (C=O) groups excluding carboxylic acids is 3. The monoisotopic (exact) mass is 743 g/mol. The zero-order valence-corrected chi connectivity index (χ0v) is 31.0. The Morgan fingerprint density at radius 1 is 0.981 bits per heavy atom. The van der Waals surface area contributed by atoms with E-state index in [0.717, 1.165) is 54.0 Å². The van der Waals surface area contributed by atoms with E-state index in [1.54, 1.807) is 30.5 Å². The molecule has 0 bridgehead atoms.